The number of nitrogens with one attached hydrogen (secondary N) is 1. The fourth-order valence-electron chi connectivity index (χ4n) is 1.09. The van der Waals surface area contributed by atoms with E-state index in [1.807, 2.05) is 0 Å². The van der Waals surface area contributed by atoms with Gasteiger partial charge in [-0.05, 0) is 13.1 Å². The molecule has 0 heterocycles. The maximum atomic E-state index is 10.7. The number of nitro benzene ring substituents is 1. The molecule has 1 aromatic rings. The normalized spacial score (nSPS) is 9.38. The molecule has 1 rings (SSSR count). The van der Waals surface area contributed by atoms with Crippen LogP contribution in [0.2, 0.25) is 5.02 Å². The molecule has 3 N–H and O–H groups in total. The van der Waals surface area contributed by atoms with Crippen molar-refractivity contribution in [3.05, 3.63) is 32.8 Å². The van der Waals surface area contributed by atoms with Crippen molar-refractivity contribution < 1.29 is 4.92 Å². The largest absolute Gasteiger partial charge is 0.392 e. The van der Waals surface area contributed by atoms with Crippen LogP contribution in [0.3, 0.4) is 0 Å². The van der Waals surface area contributed by atoms with Gasteiger partial charge in [0.25, 0.3) is 5.69 Å². The monoisotopic (exact) mass is 239 g/mol. The topological polar surface area (TPSA) is 81.2 Å². The molecule has 0 aliphatic rings. The Hall–Kier alpha value is -1.77. The first kappa shape index (κ1) is 12.3. The van der Waals surface area contributed by atoms with Crippen LogP contribution in [0.25, 0.3) is 0 Å². The Balaban J connectivity index is 3.21. The maximum Gasteiger partial charge on any atom is 0.294 e. The van der Waals surface area contributed by atoms with Crippen LogP contribution < -0.4 is 11.1 Å². The molecule has 0 spiro atoms. The minimum absolute atomic E-state index is 0.0398. The standard InChI is InChI=1S/C10H10ClN3O2/c1-13-4-2-3-7-5-8(11)6-9(10(7)12)14(15)16/h5-6,13H,4,12H2,1H3. The van der Waals surface area contributed by atoms with E-state index >= 15 is 0 Å². The third-order valence-electron chi connectivity index (χ3n) is 1.81. The van der Waals surface area contributed by atoms with Gasteiger partial charge in [0.15, 0.2) is 0 Å². The zero-order valence-electron chi connectivity index (χ0n) is 8.58. The van der Waals surface area contributed by atoms with Crippen molar-refractivity contribution in [2.24, 2.45) is 0 Å². The van der Waals surface area contributed by atoms with Gasteiger partial charge >= 0.3 is 0 Å². The lowest BCUT2D eigenvalue weighted by Crippen LogP contribution is -2.04. The average molecular weight is 240 g/mol. The molecule has 0 radical (unpaired) electrons. The zero-order chi connectivity index (χ0) is 12.1. The Morgan fingerprint density at radius 2 is 2.31 bits per heavy atom. The van der Waals surface area contributed by atoms with E-state index in [0.717, 1.165) is 0 Å². The van der Waals surface area contributed by atoms with Crippen molar-refractivity contribution in [1.29, 1.82) is 0 Å². The van der Waals surface area contributed by atoms with Crippen LogP contribution in [0.1, 0.15) is 5.56 Å². The van der Waals surface area contributed by atoms with Crippen molar-refractivity contribution in [3.63, 3.8) is 0 Å². The second-order valence-corrected chi connectivity index (χ2v) is 3.41. The Morgan fingerprint density at radius 1 is 1.62 bits per heavy atom. The number of benzene rings is 1. The van der Waals surface area contributed by atoms with Crippen molar-refractivity contribution in [2.75, 3.05) is 19.3 Å². The molecule has 16 heavy (non-hydrogen) atoms. The molecule has 84 valence electrons. The zero-order valence-corrected chi connectivity index (χ0v) is 9.34. The fourth-order valence-corrected chi connectivity index (χ4v) is 1.30. The molecule has 0 bridgehead atoms. The van der Waals surface area contributed by atoms with Gasteiger partial charge in [-0.25, -0.2) is 0 Å². The molecule has 6 heteroatoms. The second kappa shape index (κ2) is 5.35. The van der Waals surface area contributed by atoms with Crippen molar-refractivity contribution in [2.45, 2.75) is 0 Å². The Labute approximate surface area is 97.7 Å². The first-order valence-corrected chi connectivity index (χ1v) is 4.81. The molecule has 0 fully saturated rings. The van der Waals surface area contributed by atoms with E-state index in [9.17, 15) is 10.1 Å². The van der Waals surface area contributed by atoms with Crippen LogP contribution in [0, 0.1) is 22.0 Å². The van der Waals surface area contributed by atoms with E-state index in [0.29, 0.717) is 12.1 Å². The quantitative estimate of drug-likeness (QED) is 0.354. The average Bonchev–Trinajstić information content (AvgIpc) is 2.22. The third kappa shape index (κ3) is 2.86. The van der Waals surface area contributed by atoms with E-state index in [4.69, 9.17) is 17.3 Å². The van der Waals surface area contributed by atoms with Crippen LogP contribution in [0.5, 0.6) is 0 Å². The Kier molecular flexibility index (Phi) is 4.11. The molecule has 0 aliphatic heterocycles. The summed E-state index contributed by atoms with van der Waals surface area (Å²) < 4.78 is 0. The highest BCUT2D eigenvalue weighted by Gasteiger charge is 2.15. The summed E-state index contributed by atoms with van der Waals surface area (Å²) in [7, 11) is 1.75. The van der Waals surface area contributed by atoms with E-state index in [2.05, 4.69) is 17.2 Å². The summed E-state index contributed by atoms with van der Waals surface area (Å²) in [5, 5.41) is 13.7. The smallest absolute Gasteiger partial charge is 0.294 e. The summed E-state index contributed by atoms with van der Waals surface area (Å²) in [6, 6.07) is 2.71. The molecular weight excluding hydrogens is 230 g/mol. The molecule has 0 atom stereocenters. The number of hydrogen-bond acceptors (Lipinski definition) is 4. The SMILES string of the molecule is CNCC#Cc1cc(Cl)cc([N+](=O)[O-])c1N. The summed E-state index contributed by atoms with van der Waals surface area (Å²) in [6.45, 7) is 0.472. The van der Waals surface area contributed by atoms with E-state index in [-0.39, 0.29) is 16.4 Å². The lowest BCUT2D eigenvalue weighted by atomic mass is 10.1. The fraction of sp³-hybridized carbons (Fsp3) is 0.200. The summed E-state index contributed by atoms with van der Waals surface area (Å²) in [5.41, 5.74) is 5.80. The highest BCUT2D eigenvalue weighted by atomic mass is 35.5. The lowest BCUT2D eigenvalue weighted by Gasteiger charge is -2.00. The number of rotatable bonds is 2. The van der Waals surface area contributed by atoms with E-state index < -0.39 is 4.92 Å². The van der Waals surface area contributed by atoms with Crippen molar-refractivity contribution >= 4 is 23.0 Å². The third-order valence-corrected chi connectivity index (χ3v) is 2.03. The van der Waals surface area contributed by atoms with Gasteiger partial charge in [0, 0.05) is 11.1 Å². The molecule has 0 saturated heterocycles. The van der Waals surface area contributed by atoms with Gasteiger partial charge < -0.3 is 11.1 Å². The molecule has 5 nitrogen and oxygen atoms in total. The molecular formula is C10H10ClN3O2. The van der Waals surface area contributed by atoms with Crippen LogP contribution in [-0.2, 0) is 0 Å². The Bertz CT molecular complexity index is 477. The maximum absolute atomic E-state index is 10.7. The first-order valence-electron chi connectivity index (χ1n) is 4.43. The molecule has 0 unspecified atom stereocenters. The van der Waals surface area contributed by atoms with Crippen LogP contribution >= 0.6 is 11.6 Å². The van der Waals surface area contributed by atoms with Crippen LogP contribution in [0.4, 0.5) is 11.4 Å². The van der Waals surface area contributed by atoms with E-state index in [1.165, 1.54) is 12.1 Å². The number of nitrogens with two attached hydrogens (primary N) is 1. The van der Waals surface area contributed by atoms with Crippen LogP contribution in [-0.4, -0.2) is 18.5 Å². The number of hydrogen-bond donors (Lipinski definition) is 2. The number of nitrogen functional groups attached to an aromatic ring is 1. The van der Waals surface area contributed by atoms with Gasteiger partial charge in [0.05, 0.1) is 17.0 Å². The molecule has 0 aliphatic carbocycles. The number of halogens is 1. The van der Waals surface area contributed by atoms with Crippen molar-refractivity contribution in [3.8, 4) is 11.8 Å². The highest BCUT2D eigenvalue weighted by molar-refractivity contribution is 6.31. The molecule has 0 saturated carbocycles. The van der Waals surface area contributed by atoms with E-state index in [1.54, 1.807) is 7.05 Å². The number of nitrogens with zero attached hydrogens (tertiary/aromatic N) is 1. The first-order chi connectivity index (χ1) is 7.56. The van der Waals surface area contributed by atoms with Crippen molar-refractivity contribution in [1.82, 2.24) is 5.32 Å². The summed E-state index contributed by atoms with van der Waals surface area (Å²) in [6.07, 6.45) is 0. The van der Waals surface area contributed by atoms with Crippen LogP contribution in [0.15, 0.2) is 12.1 Å². The van der Waals surface area contributed by atoms with Gasteiger partial charge in [-0.15, -0.1) is 0 Å². The molecule has 0 aromatic heterocycles. The second-order valence-electron chi connectivity index (χ2n) is 2.98. The minimum Gasteiger partial charge on any atom is -0.392 e. The predicted octanol–water partition coefficient (Wildman–Crippen LogP) is 1.40. The van der Waals surface area contributed by atoms with Gasteiger partial charge in [-0.3, -0.25) is 10.1 Å². The minimum atomic E-state index is -0.579. The highest BCUT2D eigenvalue weighted by Crippen LogP contribution is 2.28. The van der Waals surface area contributed by atoms with Gasteiger partial charge in [0.1, 0.15) is 5.69 Å². The number of anilines is 1. The van der Waals surface area contributed by atoms with Gasteiger partial charge in [0.2, 0.25) is 0 Å². The van der Waals surface area contributed by atoms with Gasteiger partial charge in [-0.2, -0.15) is 0 Å². The molecule has 1 aromatic carbocycles. The number of nitro groups is 1. The van der Waals surface area contributed by atoms with Gasteiger partial charge in [-0.1, -0.05) is 23.4 Å². The Morgan fingerprint density at radius 3 is 2.88 bits per heavy atom. The predicted molar refractivity (Wildman–Crippen MR) is 63.3 cm³/mol. The summed E-state index contributed by atoms with van der Waals surface area (Å²) >= 11 is 5.74. The lowest BCUT2D eigenvalue weighted by molar-refractivity contribution is -0.383. The molecule has 0 amide bonds. The summed E-state index contributed by atoms with van der Waals surface area (Å²) in [4.78, 5) is 10.1. The summed E-state index contributed by atoms with van der Waals surface area (Å²) in [5.74, 6) is 5.49.